The van der Waals surface area contributed by atoms with Crippen molar-refractivity contribution in [2.45, 2.75) is 18.4 Å². The number of cyclic esters (lactones) is 1. The maximum atomic E-state index is 12.2. The Kier molecular flexibility index (Phi) is 5.65. The van der Waals surface area contributed by atoms with Crippen LogP contribution in [0.5, 0.6) is 0 Å². The molecule has 31 heavy (non-hydrogen) atoms. The summed E-state index contributed by atoms with van der Waals surface area (Å²) in [7, 11) is -0.530. The number of amides is 3. The van der Waals surface area contributed by atoms with Crippen LogP contribution in [0, 0.1) is 23.2 Å². The number of anilines is 1. The molecule has 3 fully saturated rings. The number of ether oxygens (including phenoxy) is 1. The Morgan fingerprint density at radius 3 is 2.55 bits per heavy atom. The highest BCUT2D eigenvalue weighted by molar-refractivity contribution is 7.17. The second-order valence-electron chi connectivity index (χ2n) is 7.94. The smallest absolute Gasteiger partial charge is 0.414 e. The van der Waals surface area contributed by atoms with Gasteiger partial charge in [0.05, 0.1) is 24.6 Å². The van der Waals surface area contributed by atoms with Gasteiger partial charge in [-0.2, -0.15) is 5.26 Å². The van der Waals surface area contributed by atoms with Crippen molar-refractivity contribution in [1.29, 1.82) is 5.26 Å². The molecule has 11 heteroatoms. The molecule has 1 saturated carbocycles. The zero-order valence-corrected chi connectivity index (χ0v) is 17.7. The van der Waals surface area contributed by atoms with E-state index in [1.807, 2.05) is 12.1 Å². The van der Waals surface area contributed by atoms with E-state index in [4.69, 9.17) is 4.74 Å². The molecule has 1 aromatic carbocycles. The zero-order valence-electron chi connectivity index (χ0n) is 16.8. The second kappa shape index (κ2) is 8.25. The first-order valence-electron chi connectivity index (χ1n) is 9.87. The van der Waals surface area contributed by atoms with Crippen LogP contribution in [0.1, 0.15) is 12.5 Å². The van der Waals surface area contributed by atoms with E-state index in [-0.39, 0.29) is 36.8 Å². The molecule has 10 nitrogen and oxygen atoms in total. The lowest BCUT2D eigenvalue weighted by Crippen LogP contribution is -2.36. The van der Waals surface area contributed by atoms with E-state index in [0.29, 0.717) is 25.3 Å². The summed E-state index contributed by atoms with van der Waals surface area (Å²) in [5.41, 5.74) is 0.869. The van der Waals surface area contributed by atoms with Gasteiger partial charge >= 0.3 is 14.8 Å². The number of carbonyl (C=O) groups excluding carboxylic acids is 3. The van der Waals surface area contributed by atoms with Gasteiger partial charge in [-0.05, 0) is 17.7 Å². The minimum absolute atomic E-state index is 0.0379. The molecule has 3 aliphatic rings. The molecule has 1 aliphatic carbocycles. The fraction of sp³-hybridized carbons (Fsp3) is 0.500. The van der Waals surface area contributed by atoms with Gasteiger partial charge in [-0.1, -0.05) is 12.1 Å². The van der Waals surface area contributed by atoms with Crippen molar-refractivity contribution in [3.8, 4) is 6.07 Å². The van der Waals surface area contributed by atoms with E-state index in [1.165, 1.54) is 11.8 Å². The second-order valence-corrected chi connectivity index (χ2v) is 8.35. The largest absolute Gasteiger partial charge is 0.442 e. The van der Waals surface area contributed by atoms with Crippen LogP contribution in [0.2, 0.25) is 0 Å². The van der Waals surface area contributed by atoms with Crippen LogP contribution in [0.15, 0.2) is 24.3 Å². The van der Waals surface area contributed by atoms with Crippen molar-refractivity contribution in [1.82, 2.24) is 10.2 Å². The van der Waals surface area contributed by atoms with Gasteiger partial charge in [-0.3, -0.25) is 19.0 Å². The number of piperidine rings is 1. The standard InChI is InChI=1S/C20H21N4O6P/c1-12(25)22-6-15-7-24(19(27)30-15)14-4-2-13(3-5-14)20(11-21)16-8-23(9-17(16)20)18(26)10-29-31-28/h2-5,15-17H,6-10H2,1H3,(H,22,25)/t15-,16?,17?,20?/m0/s1. The molecule has 0 radical (unpaired) electrons. The number of benzene rings is 1. The van der Waals surface area contributed by atoms with E-state index in [0.717, 1.165) is 5.56 Å². The van der Waals surface area contributed by atoms with Crippen molar-refractivity contribution in [3.63, 3.8) is 0 Å². The molecule has 1 N–H and O–H groups in total. The van der Waals surface area contributed by atoms with Gasteiger partial charge in [0.2, 0.25) is 11.8 Å². The number of carbonyl (C=O) groups is 3. The highest BCUT2D eigenvalue weighted by Crippen LogP contribution is 2.63. The number of fused-ring (bicyclic) bond motifs is 1. The lowest BCUT2D eigenvalue weighted by molar-refractivity contribution is -0.132. The molecule has 162 valence electrons. The van der Waals surface area contributed by atoms with Crippen LogP contribution in [-0.4, -0.2) is 61.7 Å². The van der Waals surface area contributed by atoms with Gasteiger partial charge in [0.1, 0.15) is 12.7 Å². The molecule has 0 bridgehead atoms. The minimum Gasteiger partial charge on any atom is -0.442 e. The number of hydrogen-bond acceptors (Lipinski definition) is 7. The first kappa shape index (κ1) is 21.2. The quantitative estimate of drug-likeness (QED) is 0.626. The summed E-state index contributed by atoms with van der Waals surface area (Å²) in [6, 6.07) is 9.70. The molecule has 4 rings (SSSR count). The van der Waals surface area contributed by atoms with Crippen molar-refractivity contribution >= 4 is 32.3 Å². The van der Waals surface area contributed by atoms with Crippen LogP contribution in [0.4, 0.5) is 10.5 Å². The Hall–Kier alpha value is -3.02. The molecular weight excluding hydrogens is 423 g/mol. The lowest BCUT2D eigenvalue weighted by Gasteiger charge is -2.23. The monoisotopic (exact) mass is 444 g/mol. The first-order chi connectivity index (χ1) is 14.9. The molecule has 3 amide bonds. The van der Waals surface area contributed by atoms with Crippen molar-refractivity contribution < 1.29 is 28.2 Å². The summed E-state index contributed by atoms with van der Waals surface area (Å²) in [6.07, 6.45) is -0.895. The van der Waals surface area contributed by atoms with Gasteiger partial charge < -0.3 is 15.0 Å². The van der Waals surface area contributed by atoms with Gasteiger partial charge in [0.15, 0.2) is 0 Å². The average molecular weight is 444 g/mol. The Bertz CT molecular complexity index is 949. The Labute approximate surface area is 180 Å². The number of nitrogens with zero attached hydrogens (tertiary/aromatic N) is 3. The predicted molar refractivity (Wildman–Crippen MR) is 107 cm³/mol. The predicted octanol–water partition coefficient (Wildman–Crippen LogP) is 1.22. The fourth-order valence-corrected chi connectivity index (χ4v) is 4.84. The zero-order chi connectivity index (χ0) is 22.2. The SMILES string of the molecule is CC(=O)NC[C@H]1CN(c2ccc(C3(C#N)C4CN(C(=O)COP=O)CC43)cc2)C(=O)O1. The highest BCUT2D eigenvalue weighted by Gasteiger charge is 2.70. The third-order valence-electron chi connectivity index (χ3n) is 6.27. The molecule has 2 heterocycles. The third kappa shape index (κ3) is 3.75. The van der Waals surface area contributed by atoms with Crippen LogP contribution in [0.3, 0.4) is 0 Å². The van der Waals surface area contributed by atoms with Crippen molar-refractivity contribution in [3.05, 3.63) is 29.8 Å². The molecule has 2 unspecified atom stereocenters. The van der Waals surface area contributed by atoms with Crippen LogP contribution >= 0.6 is 8.69 Å². The molecule has 2 aliphatic heterocycles. The summed E-state index contributed by atoms with van der Waals surface area (Å²) < 4.78 is 20.3. The maximum absolute atomic E-state index is 12.2. The maximum Gasteiger partial charge on any atom is 0.414 e. The van der Waals surface area contributed by atoms with Gasteiger partial charge in [0, 0.05) is 37.5 Å². The minimum atomic E-state index is -0.646. The summed E-state index contributed by atoms with van der Waals surface area (Å²) >= 11 is 0. The molecule has 0 spiro atoms. The van der Waals surface area contributed by atoms with E-state index in [1.54, 1.807) is 17.0 Å². The normalized spacial score (nSPS) is 28.8. The van der Waals surface area contributed by atoms with Crippen molar-refractivity contribution in [2.24, 2.45) is 11.8 Å². The van der Waals surface area contributed by atoms with E-state index < -0.39 is 26.3 Å². The summed E-state index contributed by atoms with van der Waals surface area (Å²) in [4.78, 5) is 38.4. The first-order valence-corrected chi connectivity index (χ1v) is 10.6. The van der Waals surface area contributed by atoms with E-state index in [2.05, 4.69) is 15.9 Å². The van der Waals surface area contributed by atoms with Crippen molar-refractivity contribution in [2.75, 3.05) is 37.7 Å². The Balaban J connectivity index is 1.40. The van der Waals surface area contributed by atoms with E-state index in [9.17, 15) is 24.2 Å². The lowest BCUT2D eigenvalue weighted by atomic mass is 9.91. The Morgan fingerprint density at radius 1 is 1.29 bits per heavy atom. The molecule has 3 atom stereocenters. The van der Waals surface area contributed by atoms with Gasteiger partial charge in [-0.25, -0.2) is 9.36 Å². The number of rotatable bonds is 7. The fourth-order valence-electron chi connectivity index (χ4n) is 4.68. The number of likely N-dealkylation sites (tertiary alicyclic amines) is 1. The third-order valence-corrected chi connectivity index (χ3v) is 6.50. The number of nitriles is 1. The number of nitrogens with one attached hydrogen (secondary N) is 1. The molecule has 1 aromatic rings. The topological polar surface area (TPSA) is 129 Å². The Morgan fingerprint density at radius 2 is 1.97 bits per heavy atom. The summed E-state index contributed by atoms with van der Waals surface area (Å²) in [6.45, 7) is 2.66. The van der Waals surface area contributed by atoms with Crippen LogP contribution in [0.25, 0.3) is 0 Å². The number of hydrogen-bond donors (Lipinski definition) is 1. The highest BCUT2D eigenvalue weighted by atomic mass is 31.1. The van der Waals surface area contributed by atoms with Crippen LogP contribution in [-0.2, 0) is 28.8 Å². The summed E-state index contributed by atoms with van der Waals surface area (Å²) in [5.74, 6) is -0.348. The van der Waals surface area contributed by atoms with E-state index >= 15 is 0 Å². The van der Waals surface area contributed by atoms with Gasteiger partial charge in [0.25, 0.3) is 0 Å². The van der Waals surface area contributed by atoms with Crippen LogP contribution < -0.4 is 10.2 Å². The average Bonchev–Trinajstić information content (AvgIpc) is 3.06. The summed E-state index contributed by atoms with van der Waals surface area (Å²) in [5, 5.41) is 12.5. The molecular formula is C20H21N4O6P. The van der Waals surface area contributed by atoms with Gasteiger partial charge in [-0.15, -0.1) is 0 Å². The molecule has 0 aromatic heterocycles. The molecule has 2 saturated heterocycles.